The van der Waals surface area contributed by atoms with Gasteiger partial charge in [0.15, 0.2) is 5.96 Å². The number of rotatable bonds is 6. The smallest absolute Gasteiger partial charge is 0.191 e. The second-order valence-corrected chi connectivity index (χ2v) is 5.99. The Balaban J connectivity index is 1.74. The average molecular weight is 305 g/mol. The van der Waals surface area contributed by atoms with Crippen LogP contribution in [0.5, 0.6) is 0 Å². The molecule has 21 heavy (non-hydrogen) atoms. The first-order valence-corrected chi connectivity index (χ1v) is 8.06. The lowest BCUT2D eigenvalue weighted by molar-refractivity contribution is 0.664. The zero-order chi connectivity index (χ0) is 15.1. The highest BCUT2D eigenvalue weighted by molar-refractivity contribution is 7.09. The lowest BCUT2D eigenvalue weighted by atomic mass is 10.2. The minimum Gasteiger partial charge on any atom is -0.355 e. The molecule has 0 amide bonds. The molecule has 0 aliphatic heterocycles. The fourth-order valence-corrected chi connectivity index (χ4v) is 2.72. The van der Waals surface area contributed by atoms with Gasteiger partial charge in [0.05, 0.1) is 17.2 Å². The van der Waals surface area contributed by atoms with Crippen molar-refractivity contribution in [1.82, 2.24) is 20.2 Å². The zero-order valence-electron chi connectivity index (χ0n) is 12.8. The summed E-state index contributed by atoms with van der Waals surface area (Å²) in [7, 11) is 1.78. The second-order valence-electron chi connectivity index (χ2n) is 5.11. The Morgan fingerprint density at radius 3 is 2.71 bits per heavy atom. The van der Waals surface area contributed by atoms with Gasteiger partial charge in [-0.2, -0.15) is 0 Å². The summed E-state index contributed by atoms with van der Waals surface area (Å²) in [5, 5.41) is 9.88. The molecule has 0 saturated heterocycles. The highest BCUT2D eigenvalue weighted by Crippen LogP contribution is 2.18. The largest absolute Gasteiger partial charge is 0.355 e. The summed E-state index contributed by atoms with van der Waals surface area (Å²) in [5.41, 5.74) is 1.07. The van der Waals surface area contributed by atoms with Crippen molar-refractivity contribution in [2.45, 2.75) is 32.9 Å². The molecule has 2 rings (SSSR count). The molecule has 0 atom stereocenters. The van der Waals surface area contributed by atoms with Crippen molar-refractivity contribution in [3.8, 4) is 0 Å². The highest BCUT2D eigenvalue weighted by Gasteiger charge is 2.06. The molecule has 2 heterocycles. The van der Waals surface area contributed by atoms with Crippen LogP contribution in [0.2, 0.25) is 0 Å². The minimum absolute atomic E-state index is 0.489. The first-order valence-electron chi connectivity index (χ1n) is 7.18. The summed E-state index contributed by atoms with van der Waals surface area (Å²) in [6, 6.07) is 4.06. The molecule has 0 radical (unpaired) electrons. The topological polar surface area (TPSA) is 54.2 Å². The van der Waals surface area contributed by atoms with Crippen LogP contribution in [-0.4, -0.2) is 29.1 Å². The van der Waals surface area contributed by atoms with Crippen LogP contribution in [0.4, 0.5) is 0 Å². The normalized spacial score (nSPS) is 11.9. The first-order chi connectivity index (χ1) is 10.2. The van der Waals surface area contributed by atoms with E-state index in [1.165, 1.54) is 5.01 Å². The van der Waals surface area contributed by atoms with Crippen LogP contribution in [0.3, 0.4) is 0 Å². The van der Waals surface area contributed by atoms with Crippen LogP contribution in [0.1, 0.15) is 30.5 Å². The van der Waals surface area contributed by atoms with Crippen LogP contribution in [0.15, 0.2) is 34.9 Å². The third-order valence-corrected chi connectivity index (χ3v) is 4.25. The van der Waals surface area contributed by atoms with Gasteiger partial charge in [0, 0.05) is 43.8 Å². The van der Waals surface area contributed by atoms with E-state index >= 15 is 0 Å². The Morgan fingerprint density at radius 1 is 1.33 bits per heavy atom. The molecule has 0 aliphatic carbocycles. The van der Waals surface area contributed by atoms with Crippen molar-refractivity contribution in [2.75, 3.05) is 13.6 Å². The van der Waals surface area contributed by atoms with Gasteiger partial charge in [0.2, 0.25) is 0 Å². The van der Waals surface area contributed by atoms with Gasteiger partial charge >= 0.3 is 0 Å². The first kappa shape index (κ1) is 15.6. The summed E-state index contributed by atoms with van der Waals surface area (Å²) in [6.07, 6.45) is 4.11. The van der Waals surface area contributed by atoms with Crippen LogP contribution in [0, 0.1) is 0 Å². The number of nitrogens with zero attached hydrogens (tertiary/aromatic N) is 3. The van der Waals surface area contributed by atoms with Crippen LogP contribution in [-0.2, 0) is 13.1 Å². The van der Waals surface area contributed by atoms with Gasteiger partial charge in [-0.3, -0.25) is 4.99 Å². The number of nitrogens with one attached hydrogen (secondary N) is 2. The van der Waals surface area contributed by atoms with E-state index in [9.17, 15) is 0 Å². The monoisotopic (exact) mass is 305 g/mol. The molecular weight excluding hydrogens is 282 g/mol. The molecule has 0 aliphatic rings. The van der Waals surface area contributed by atoms with Crippen molar-refractivity contribution in [3.05, 3.63) is 40.6 Å². The average Bonchev–Trinajstić information content (AvgIpc) is 3.13. The van der Waals surface area contributed by atoms with Crippen molar-refractivity contribution >= 4 is 17.3 Å². The van der Waals surface area contributed by atoms with Gasteiger partial charge in [0.25, 0.3) is 0 Å². The van der Waals surface area contributed by atoms with Crippen LogP contribution >= 0.6 is 11.3 Å². The Labute approximate surface area is 130 Å². The van der Waals surface area contributed by atoms with E-state index in [-0.39, 0.29) is 0 Å². The second kappa shape index (κ2) is 7.83. The highest BCUT2D eigenvalue weighted by atomic mass is 32.1. The van der Waals surface area contributed by atoms with Crippen molar-refractivity contribution in [2.24, 2.45) is 4.99 Å². The molecule has 0 spiro atoms. The summed E-state index contributed by atoms with van der Waals surface area (Å²) >= 11 is 1.72. The minimum atomic E-state index is 0.489. The van der Waals surface area contributed by atoms with Gasteiger partial charge in [0.1, 0.15) is 0 Å². The lowest BCUT2D eigenvalue weighted by Crippen LogP contribution is -2.38. The van der Waals surface area contributed by atoms with Gasteiger partial charge in [-0.1, -0.05) is 13.8 Å². The molecule has 5 nitrogen and oxygen atoms in total. The Morgan fingerprint density at radius 2 is 2.10 bits per heavy atom. The maximum absolute atomic E-state index is 4.61. The predicted octanol–water partition coefficient (Wildman–Crippen LogP) is 2.43. The van der Waals surface area contributed by atoms with Crippen LogP contribution in [0.25, 0.3) is 0 Å². The molecule has 114 valence electrons. The number of aromatic nitrogens is 2. The van der Waals surface area contributed by atoms with E-state index in [0.29, 0.717) is 12.5 Å². The quantitative estimate of drug-likeness (QED) is 0.636. The summed E-state index contributed by atoms with van der Waals surface area (Å²) in [5.74, 6) is 1.30. The maximum atomic E-state index is 4.61. The van der Waals surface area contributed by atoms with E-state index in [1.807, 2.05) is 12.1 Å². The van der Waals surface area contributed by atoms with Gasteiger partial charge in [-0.25, -0.2) is 4.98 Å². The summed E-state index contributed by atoms with van der Waals surface area (Å²) in [6.45, 7) is 6.78. The number of hydrogen-bond acceptors (Lipinski definition) is 3. The number of aliphatic imine (C=N–C) groups is 1. The van der Waals surface area contributed by atoms with E-state index in [4.69, 9.17) is 0 Å². The molecule has 2 aromatic rings. The fraction of sp³-hybridized carbons (Fsp3) is 0.467. The number of guanidine groups is 1. The summed E-state index contributed by atoms with van der Waals surface area (Å²) < 4.78 is 2.13. The Hall–Kier alpha value is -1.82. The Kier molecular flexibility index (Phi) is 5.80. The van der Waals surface area contributed by atoms with Crippen LogP contribution < -0.4 is 10.6 Å². The standard InChI is InChI=1S/C15H23N5S/c1-12(2)14-19-13(11-21-14)10-18-15(16-3)17-6-9-20-7-4-5-8-20/h4-5,7-8,11-12H,6,9-10H2,1-3H3,(H2,16,17,18). The van der Waals surface area contributed by atoms with Crippen molar-refractivity contribution in [3.63, 3.8) is 0 Å². The van der Waals surface area contributed by atoms with Gasteiger partial charge in [-0.15, -0.1) is 11.3 Å². The maximum Gasteiger partial charge on any atom is 0.191 e. The van der Waals surface area contributed by atoms with Crippen molar-refractivity contribution < 1.29 is 0 Å². The van der Waals surface area contributed by atoms with E-state index in [0.717, 1.165) is 24.7 Å². The molecule has 6 heteroatoms. The van der Waals surface area contributed by atoms with E-state index < -0.39 is 0 Å². The number of thiazole rings is 1. The molecule has 0 unspecified atom stereocenters. The van der Waals surface area contributed by atoms with Gasteiger partial charge in [-0.05, 0) is 12.1 Å². The molecule has 0 fully saturated rings. The third kappa shape index (κ3) is 4.90. The van der Waals surface area contributed by atoms with Crippen molar-refractivity contribution in [1.29, 1.82) is 0 Å². The molecule has 0 aromatic carbocycles. The number of hydrogen-bond donors (Lipinski definition) is 2. The Bertz CT molecular complexity index is 556. The van der Waals surface area contributed by atoms with E-state index in [2.05, 4.69) is 56.8 Å². The summed E-state index contributed by atoms with van der Waals surface area (Å²) in [4.78, 5) is 8.83. The molecular formula is C15H23N5S. The third-order valence-electron chi connectivity index (χ3n) is 3.05. The fourth-order valence-electron chi connectivity index (χ4n) is 1.89. The van der Waals surface area contributed by atoms with Gasteiger partial charge < -0.3 is 15.2 Å². The molecule has 0 bridgehead atoms. The zero-order valence-corrected chi connectivity index (χ0v) is 13.7. The molecule has 2 aromatic heterocycles. The SMILES string of the molecule is CN=C(NCCn1cccc1)NCc1csc(C(C)C)n1. The molecule has 2 N–H and O–H groups in total. The lowest BCUT2D eigenvalue weighted by Gasteiger charge is -2.11. The van der Waals surface area contributed by atoms with E-state index in [1.54, 1.807) is 18.4 Å². The predicted molar refractivity (Wildman–Crippen MR) is 88.8 cm³/mol. The molecule has 0 saturated carbocycles.